The Hall–Kier alpha value is -1.51. The summed E-state index contributed by atoms with van der Waals surface area (Å²) >= 11 is 0. The number of hydrogen-bond acceptors (Lipinski definition) is 6. The van der Waals surface area contributed by atoms with Gasteiger partial charge >= 0.3 is 0 Å². The van der Waals surface area contributed by atoms with E-state index < -0.39 is 43.2 Å². The number of ether oxygens (including phenoxy) is 2. The van der Waals surface area contributed by atoms with Crippen LogP contribution >= 0.6 is 0 Å². The third-order valence-electron chi connectivity index (χ3n) is 3.45. The highest BCUT2D eigenvalue weighted by molar-refractivity contribution is 5.94. The summed E-state index contributed by atoms with van der Waals surface area (Å²) in [7, 11) is 1.35. The molecule has 1 aromatic carbocycles. The van der Waals surface area contributed by atoms with E-state index in [4.69, 9.17) is 14.6 Å². The van der Waals surface area contributed by atoms with Crippen molar-refractivity contribution >= 4 is 5.91 Å². The van der Waals surface area contributed by atoms with Crippen LogP contribution < -0.4 is 5.32 Å². The third-order valence-corrected chi connectivity index (χ3v) is 3.45. The molecule has 0 saturated carbocycles. The first-order valence-electron chi connectivity index (χ1n) is 6.59. The molecule has 0 aliphatic carbocycles. The largest absolute Gasteiger partial charge is 0.394 e. The number of benzene rings is 1. The van der Waals surface area contributed by atoms with Crippen molar-refractivity contribution < 1.29 is 29.6 Å². The van der Waals surface area contributed by atoms with Gasteiger partial charge in [0.1, 0.15) is 24.4 Å². The number of carbonyl (C=O) groups is 1. The Labute approximate surface area is 122 Å². The van der Waals surface area contributed by atoms with Crippen molar-refractivity contribution in [2.75, 3.05) is 13.7 Å². The van der Waals surface area contributed by atoms with E-state index in [-0.39, 0.29) is 0 Å². The predicted molar refractivity (Wildman–Crippen MR) is 72.5 cm³/mol. The van der Waals surface area contributed by atoms with Gasteiger partial charge in [-0.3, -0.25) is 4.79 Å². The quantitative estimate of drug-likeness (QED) is 0.560. The average molecular weight is 297 g/mol. The van der Waals surface area contributed by atoms with Crippen LogP contribution in [0.4, 0.5) is 0 Å². The first-order chi connectivity index (χ1) is 10.1. The average Bonchev–Trinajstić information content (AvgIpc) is 2.53. The van der Waals surface area contributed by atoms with Gasteiger partial charge in [-0.1, -0.05) is 18.2 Å². The molecule has 7 heteroatoms. The highest BCUT2D eigenvalue weighted by atomic mass is 16.7. The van der Waals surface area contributed by atoms with E-state index >= 15 is 0 Å². The second-order valence-corrected chi connectivity index (χ2v) is 4.81. The zero-order chi connectivity index (χ0) is 15.4. The van der Waals surface area contributed by atoms with E-state index in [1.807, 2.05) is 0 Å². The fourth-order valence-corrected chi connectivity index (χ4v) is 2.26. The fraction of sp³-hybridized carbons (Fsp3) is 0.500. The SMILES string of the molecule is CO[C@@H]1O[C@H](CO)[C@@H](O)[C@H](O)[C@H]1NC(=O)c1ccccc1. The van der Waals surface area contributed by atoms with Crippen molar-refractivity contribution in [2.45, 2.75) is 30.6 Å². The van der Waals surface area contributed by atoms with Gasteiger partial charge in [-0.25, -0.2) is 0 Å². The molecular weight excluding hydrogens is 278 g/mol. The number of aliphatic hydroxyl groups is 3. The first-order valence-corrected chi connectivity index (χ1v) is 6.59. The van der Waals surface area contributed by atoms with Gasteiger partial charge in [0.2, 0.25) is 0 Å². The molecule has 1 aliphatic heterocycles. The van der Waals surface area contributed by atoms with Crippen LogP contribution in [0.15, 0.2) is 30.3 Å². The summed E-state index contributed by atoms with van der Waals surface area (Å²) in [5, 5.41) is 31.6. The lowest BCUT2D eigenvalue weighted by atomic mass is 9.96. The molecule has 0 spiro atoms. The fourth-order valence-electron chi connectivity index (χ4n) is 2.26. The Bertz CT molecular complexity index is 466. The molecule has 1 saturated heterocycles. The minimum atomic E-state index is -1.32. The van der Waals surface area contributed by atoms with Crippen LogP contribution in [-0.2, 0) is 9.47 Å². The number of methoxy groups -OCH3 is 1. The minimum Gasteiger partial charge on any atom is -0.394 e. The lowest BCUT2D eigenvalue weighted by Crippen LogP contribution is -2.64. The summed E-state index contributed by atoms with van der Waals surface area (Å²) in [5.41, 5.74) is 0.415. The summed E-state index contributed by atoms with van der Waals surface area (Å²) in [4.78, 5) is 12.1. The summed E-state index contributed by atoms with van der Waals surface area (Å²) in [6, 6.07) is 7.52. The molecule has 1 heterocycles. The number of amides is 1. The molecule has 0 radical (unpaired) electrons. The van der Waals surface area contributed by atoms with E-state index in [1.165, 1.54) is 7.11 Å². The summed E-state index contributed by atoms with van der Waals surface area (Å²) < 4.78 is 10.4. The number of aliphatic hydroxyl groups excluding tert-OH is 3. The van der Waals surface area contributed by atoms with E-state index in [0.29, 0.717) is 5.56 Å². The molecule has 1 fully saturated rings. The third kappa shape index (κ3) is 3.39. The predicted octanol–water partition coefficient (Wildman–Crippen LogP) is -1.13. The Morgan fingerprint density at radius 3 is 2.52 bits per heavy atom. The van der Waals surface area contributed by atoms with Crippen LogP contribution in [-0.4, -0.2) is 65.6 Å². The number of nitrogens with one attached hydrogen (secondary N) is 1. The zero-order valence-electron chi connectivity index (χ0n) is 11.5. The zero-order valence-corrected chi connectivity index (χ0v) is 11.5. The molecule has 1 aliphatic rings. The molecule has 5 atom stereocenters. The lowest BCUT2D eigenvalue weighted by Gasteiger charge is -2.41. The van der Waals surface area contributed by atoms with Crippen LogP contribution in [0.5, 0.6) is 0 Å². The highest BCUT2D eigenvalue weighted by Crippen LogP contribution is 2.22. The monoisotopic (exact) mass is 297 g/mol. The second kappa shape index (κ2) is 6.97. The summed E-state index contributed by atoms with van der Waals surface area (Å²) in [6.07, 6.45) is -4.56. The molecule has 0 aromatic heterocycles. The molecule has 1 amide bonds. The Balaban J connectivity index is 2.11. The van der Waals surface area contributed by atoms with Gasteiger partial charge < -0.3 is 30.1 Å². The van der Waals surface area contributed by atoms with Crippen LogP contribution in [0.2, 0.25) is 0 Å². The number of rotatable bonds is 4. The maximum atomic E-state index is 12.1. The van der Waals surface area contributed by atoms with E-state index in [1.54, 1.807) is 30.3 Å². The summed E-state index contributed by atoms with van der Waals surface area (Å²) in [5.74, 6) is -0.417. The lowest BCUT2D eigenvalue weighted by molar-refractivity contribution is -0.261. The van der Waals surface area contributed by atoms with Crippen molar-refractivity contribution in [3.63, 3.8) is 0 Å². The van der Waals surface area contributed by atoms with Gasteiger partial charge in [0.25, 0.3) is 5.91 Å². The van der Waals surface area contributed by atoms with Crippen molar-refractivity contribution in [1.29, 1.82) is 0 Å². The van der Waals surface area contributed by atoms with Crippen molar-refractivity contribution in [3.8, 4) is 0 Å². The number of carbonyl (C=O) groups excluding carboxylic acids is 1. The van der Waals surface area contributed by atoms with Crippen LogP contribution in [0.1, 0.15) is 10.4 Å². The van der Waals surface area contributed by atoms with Crippen LogP contribution in [0, 0.1) is 0 Å². The Kier molecular flexibility index (Phi) is 5.27. The topological polar surface area (TPSA) is 108 Å². The van der Waals surface area contributed by atoms with E-state index in [0.717, 1.165) is 0 Å². The molecule has 21 heavy (non-hydrogen) atoms. The summed E-state index contributed by atoms with van der Waals surface area (Å²) in [6.45, 7) is -0.461. The molecule has 0 unspecified atom stereocenters. The molecule has 0 bridgehead atoms. The Morgan fingerprint density at radius 1 is 1.29 bits per heavy atom. The van der Waals surface area contributed by atoms with E-state index in [9.17, 15) is 15.0 Å². The number of hydrogen-bond donors (Lipinski definition) is 4. The van der Waals surface area contributed by atoms with Gasteiger partial charge in [0, 0.05) is 12.7 Å². The Morgan fingerprint density at radius 2 is 1.95 bits per heavy atom. The van der Waals surface area contributed by atoms with Gasteiger partial charge in [0.15, 0.2) is 6.29 Å². The van der Waals surface area contributed by atoms with E-state index in [2.05, 4.69) is 5.32 Å². The second-order valence-electron chi connectivity index (χ2n) is 4.81. The van der Waals surface area contributed by atoms with Gasteiger partial charge in [0.05, 0.1) is 6.61 Å². The molecular formula is C14H19NO6. The maximum absolute atomic E-state index is 12.1. The molecule has 4 N–H and O–H groups in total. The normalized spacial score (nSPS) is 32.7. The van der Waals surface area contributed by atoms with Crippen molar-refractivity contribution in [3.05, 3.63) is 35.9 Å². The van der Waals surface area contributed by atoms with Gasteiger partial charge in [-0.05, 0) is 12.1 Å². The van der Waals surface area contributed by atoms with Crippen LogP contribution in [0.3, 0.4) is 0 Å². The van der Waals surface area contributed by atoms with Crippen molar-refractivity contribution in [1.82, 2.24) is 5.32 Å². The van der Waals surface area contributed by atoms with Crippen molar-refractivity contribution in [2.24, 2.45) is 0 Å². The van der Waals surface area contributed by atoms with Gasteiger partial charge in [-0.15, -0.1) is 0 Å². The van der Waals surface area contributed by atoms with Crippen LogP contribution in [0.25, 0.3) is 0 Å². The molecule has 116 valence electrons. The maximum Gasteiger partial charge on any atom is 0.251 e. The highest BCUT2D eigenvalue weighted by Gasteiger charge is 2.45. The molecule has 1 aromatic rings. The molecule has 2 rings (SSSR count). The standard InChI is InChI=1S/C14H19NO6/c1-20-14-10(12(18)11(17)9(7-16)21-14)15-13(19)8-5-3-2-4-6-8/h2-6,9-12,14,16-18H,7H2,1H3,(H,15,19)/t9-,10-,11-,12-,14-/m1/s1. The minimum absolute atomic E-state index is 0.415. The smallest absolute Gasteiger partial charge is 0.251 e. The first kappa shape index (κ1) is 15.9. The molecule has 7 nitrogen and oxygen atoms in total. The van der Waals surface area contributed by atoms with Gasteiger partial charge in [-0.2, -0.15) is 0 Å².